The molecule has 0 bridgehead atoms. The zero-order valence-corrected chi connectivity index (χ0v) is 16.5. The third-order valence-electron chi connectivity index (χ3n) is 5.04. The highest BCUT2D eigenvalue weighted by Gasteiger charge is 2.20. The number of anilines is 1. The summed E-state index contributed by atoms with van der Waals surface area (Å²) < 4.78 is 21.1. The molecule has 1 heterocycles. The summed E-state index contributed by atoms with van der Waals surface area (Å²) in [5.74, 6) is -0.328. The zero-order valence-electron chi connectivity index (χ0n) is 16.5. The number of hydrogen-bond donors (Lipinski definition) is 1. The number of methoxy groups -OCH3 is 1. The minimum Gasteiger partial charge on any atom is -0.497 e. The maximum absolute atomic E-state index is 14.1. The molecule has 6 heteroatoms. The summed E-state index contributed by atoms with van der Waals surface area (Å²) in [5, 5.41) is 3.27. The highest BCUT2D eigenvalue weighted by Crippen LogP contribution is 2.30. The van der Waals surface area contributed by atoms with Gasteiger partial charge in [-0.25, -0.2) is 4.39 Å². The van der Waals surface area contributed by atoms with E-state index in [2.05, 4.69) is 5.32 Å². The van der Waals surface area contributed by atoms with Crippen LogP contribution in [0.2, 0.25) is 0 Å². The lowest BCUT2D eigenvalue weighted by Gasteiger charge is -2.18. The van der Waals surface area contributed by atoms with Crippen molar-refractivity contribution in [2.24, 2.45) is 7.05 Å². The number of rotatable bonds is 4. The quantitative estimate of drug-likeness (QED) is 0.543. The number of amides is 1. The van der Waals surface area contributed by atoms with Crippen LogP contribution in [0.5, 0.6) is 5.75 Å². The number of nitrogens with one attached hydrogen (secondary N) is 1. The van der Waals surface area contributed by atoms with Crippen molar-refractivity contribution >= 4 is 22.6 Å². The largest absolute Gasteiger partial charge is 0.497 e. The highest BCUT2D eigenvalue weighted by molar-refractivity contribution is 6.07. The maximum atomic E-state index is 14.1. The Labute approximate surface area is 172 Å². The number of aryl methyl sites for hydroxylation is 1. The van der Waals surface area contributed by atoms with Gasteiger partial charge in [0.15, 0.2) is 5.43 Å². The lowest BCUT2D eigenvalue weighted by Crippen LogP contribution is -2.22. The number of ether oxygens (including phenoxy) is 1. The molecule has 4 rings (SSSR count). The van der Waals surface area contributed by atoms with Crippen LogP contribution in [-0.4, -0.2) is 17.6 Å². The monoisotopic (exact) mass is 402 g/mol. The van der Waals surface area contributed by atoms with E-state index in [0.717, 1.165) is 0 Å². The molecule has 4 aromatic rings. The van der Waals surface area contributed by atoms with Crippen LogP contribution in [-0.2, 0) is 7.05 Å². The molecule has 0 atom stereocenters. The Morgan fingerprint density at radius 1 is 0.967 bits per heavy atom. The number of fused-ring (bicyclic) bond motifs is 1. The standard InChI is InChI=1S/C24H19FN2O3/c1-27-20-10-6-4-8-18(20)22(28)21(15-11-13-16(30-2)14-12-15)23(27)26-24(29)17-7-3-5-9-19(17)25/h3-14H,1-2H3,(H,26,29). The molecule has 0 fully saturated rings. The van der Waals surface area contributed by atoms with E-state index in [1.165, 1.54) is 18.2 Å². The van der Waals surface area contributed by atoms with E-state index in [9.17, 15) is 14.0 Å². The number of carbonyl (C=O) groups excluding carboxylic acids is 1. The van der Waals surface area contributed by atoms with Crippen molar-refractivity contribution in [3.8, 4) is 16.9 Å². The number of halogens is 1. The molecule has 0 spiro atoms. The Morgan fingerprint density at radius 2 is 1.63 bits per heavy atom. The molecule has 0 radical (unpaired) electrons. The van der Waals surface area contributed by atoms with Gasteiger partial charge in [-0.1, -0.05) is 36.4 Å². The molecule has 1 aromatic heterocycles. The number of benzene rings is 3. The SMILES string of the molecule is COc1ccc(-c2c(NC(=O)c3ccccc3F)n(C)c3ccccc3c2=O)cc1. The predicted octanol–water partition coefficient (Wildman–Crippen LogP) is 4.61. The van der Waals surface area contributed by atoms with Crippen LogP contribution in [0.3, 0.4) is 0 Å². The van der Waals surface area contributed by atoms with Gasteiger partial charge in [0, 0.05) is 12.4 Å². The molecular weight excluding hydrogens is 383 g/mol. The molecule has 0 aliphatic rings. The molecular formula is C24H19FN2O3. The van der Waals surface area contributed by atoms with E-state index >= 15 is 0 Å². The molecule has 1 amide bonds. The first kappa shape index (κ1) is 19.4. The van der Waals surface area contributed by atoms with Gasteiger partial charge < -0.3 is 14.6 Å². The van der Waals surface area contributed by atoms with Crippen molar-refractivity contribution in [3.05, 3.63) is 94.4 Å². The van der Waals surface area contributed by atoms with Crippen LogP contribution in [0.1, 0.15) is 10.4 Å². The van der Waals surface area contributed by atoms with E-state index in [1.54, 1.807) is 67.3 Å². The van der Waals surface area contributed by atoms with Gasteiger partial charge in [-0.3, -0.25) is 9.59 Å². The van der Waals surface area contributed by atoms with Crippen LogP contribution >= 0.6 is 0 Å². The smallest absolute Gasteiger partial charge is 0.259 e. The molecule has 0 aliphatic heterocycles. The zero-order chi connectivity index (χ0) is 21.3. The Morgan fingerprint density at radius 3 is 2.33 bits per heavy atom. The molecule has 0 aliphatic carbocycles. The van der Waals surface area contributed by atoms with Crippen LogP contribution < -0.4 is 15.5 Å². The molecule has 0 saturated carbocycles. The van der Waals surface area contributed by atoms with E-state index in [0.29, 0.717) is 27.8 Å². The summed E-state index contributed by atoms with van der Waals surface area (Å²) in [6.07, 6.45) is 0. The molecule has 5 nitrogen and oxygen atoms in total. The summed E-state index contributed by atoms with van der Waals surface area (Å²) in [4.78, 5) is 26.2. The third kappa shape index (κ3) is 3.33. The summed E-state index contributed by atoms with van der Waals surface area (Å²) in [6, 6.07) is 19.9. The van der Waals surface area contributed by atoms with Crippen molar-refractivity contribution in [3.63, 3.8) is 0 Å². The minimum absolute atomic E-state index is 0.0983. The van der Waals surface area contributed by atoms with Gasteiger partial charge in [0.2, 0.25) is 0 Å². The summed E-state index contributed by atoms with van der Waals surface area (Å²) in [6.45, 7) is 0. The maximum Gasteiger partial charge on any atom is 0.259 e. The van der Waals surface area contributed by atoms with Crippen molar-refractivity contribution in [1.29, 1.82) is 0 Å². The fourth-order valence-corrected chi connectivity index (χ4v) is 3.48. The average Bonchev–Trinajstić information content (AvgIpc) is 2.78. The van der Waals surface area contributed by atoms with Gasteiger partial charge in [-0.15, -0.1) is 0 Å². The Kier molecular flexibility index (Phi) is 5.06. The molecule has 0 saturated heterocycles. The number of aromatic nitrogens is 1. The normalized spacial score (nSPS) is 10.8. The second-order valence-electron chi connectivity index (χ2n) is 6.79. The van der Waals surface area contributed by atoms with Gasteiger partial charge in [-0.2, -0.15) is 0 Å². The highest BCUT2D eigenvalue weighted by atomic mass is 19.1. The first-order valence-corrected chi connectivity index (χ1v) is 9.33. The van der Waals surface area contributed by atoms with Gasteiger partial charge in [0.05, 0.1) is 23.8 Å². The van der Waals surface area contributed by atoms with Crippen molar-refractivity contribution in [2.75, 3.05) is 12.4 Å². The van der Waals surface area contributed by atoms with E-state index < -0.39 is 11.7 Å². The van der Waals surface area contributed by atoms with Crippen molar-refractivity contribution < 1.29 is 13.9 Å². The Hall–Kier alpha value is -3.93. The van der Waals surface area contributed by atoms with Gasteiger partial charge in [-0.05, 0) is 42.0 Å². The van der Waals surface area contributed by atoms with Crippen LogP contribution in [0, 0.1) is 5.82 Å². The van der Waals surface area contributed by atoms with E-state index in [4.69, 9.17) is 4.74 Å². The first-order valence-electron chi connectivity index (χ1n) is 9.33. The average molecular weight is 402 g/mol. The molecule has 0 unspecified atom stereocenters. The number of para-hydroxylation sites is 1. The first-order chi connectivity index (χ1) is 14.5. The molecule has 150 valence electrons. The second kappa shape index (κ2) is 7.83. The van der Waals surface area contributed by atoms with Crippen LogP contribution in [0.15, 0.2) is 77.6 Å². The van der Waals surface area contributed by atoms with E-state index in [1.807, 2.05) is 6.07 Å². The lowest BCUT2D eigenvalue weighted by atomic mass is 10.0. The molecule has 1 N–H and O–H groups in total. The molecule has 3 aromatic carbocycles. The fraction of sp³-hybridized carbons (Fsp3) is 0.0833. The van der Waals surface area contributed by atoms with Crippen molar-refractivity contribution in [1.82, 2.24) is 4.57 Å². The fourth-order valence-electron chi connectivity index (χ4n) is 3.48. The number of hydrogen-bond acceptors (Lipinski definition) is 3. The predicted molar refractivity (Wildman–Crippen MR) is 116 cm³/mol. The third-order valence-corrected chi connectivity index (χ3v) is 5.04. The lowest BCUT2D eigenvalue weighted by molar-refractivity contribution is 0.102. The Balaban J connectivity index is 1.94. The second-order valence-corrected chi connectivity index (χ2v) is 6.79. The van der Waals surface area contributed by atoms with Crippen molar-refractivity contribution in [2.45, 2.75) is 0 Å². The minimum atomic E-state index is -0.633. The number of carbonyl (C=O) groups is 1. The summed E-state index contributed by atoms with van der Waals surface area (Å²) >= 11 is 0. The topological polar surface area (TPSA) is 60.3 Å². The summed E-state index contributed by atoms with van der Waals surface area (Å²) in [7, 11) is 3.32. The van der Waals surface area contributed by atoms with E-state index in [-0.39, 0.29) is 16.8 Å². The van der Waals surface area contributed by atoms with Crippen LogP contribution in [0.25, 0.3) is 22.0 Å². The number of pyridine rings is 1. The molecule has 30 heavy (non-hydrogen) atoms. The van der Waals surface area contributed by atoms with Gasteiger partial charge in [0.1, 0.15) is 17.4 Å². The Bertz CT molecular complexity index is 1310. The van der Waals surface area contributed by atoms with Crippen LogP contribution in [0.4, 0.5) is 10.2 Å². The summed E-state index contributed by atoms with van der Waals surface area (Å²) in [5.41, 5.74) is 1.27. The number of nitrogens with zero attached hydrogens (tertiary/aromatic N) is 1. The van der Waals surface area contributed by atoms with Gasteiger partial charge in [0.25, 0.3) is 5.91 Å². The van der Waals surface area contributed by atoms with Gasteiger partial charge >= 0.3 is 0 Å².